The molecule has 0 spiro atoms. The maximum Gasteiger partial charge on any atom is 0.573 e. The number of benzene rings is 1. The fourth-order valence-corrected chi connectivity index (χ4v) is 5.32. The SMILES string of the molecule is CC(C)(C)OC(=O)N1C2CC1CN(c1nc3c(OC(F)(F)F)c(C(C)(C)O)cc(-c4cscn4)c3o1)C2. The summed E-state index contributed by atoms with van der Waals surface area (Å²) in [7, 11) is 0. The van der Waals surface area contributed by atoms with E-state index in [0.717, 1.165) is 6.42 Å². The minimum atomic E-state index is -5.02. The highest BCUT2D eigenvalue weighted by atomic mass is 32.1. The molecule has 0 radical (unpaired) electrons. The first-order valence-corrected chi connectivity index (χ1v) is 12.7. The summed E-state index contributed by atoms with van der Waals surface area (Å²) in [4.78, 5) is 24.8. The predicted molar refractivity (Wildman–Crippen MR) is 130 cm³/mol. The Morgan fingerprint density at radius 3 is 2.41 bits per heavy atom. The Hall–Kier alpha value is -3.06. The van der Waals surface area contributed by atoms with Crippen LogP contribution < -0.4 is 9.64 Å². The Morgan fingerprint density at radius 2 is 1.86 bits per heavy atom. The molecule has 6 rings (SSSR count). The number of fused-ring (bicyclic) bond motifs is 3. The second-order valence-electron chi connectivity index (χ2n) is 10.8. The van der Waals surface area contributed by atoms with Gasteiger partial charge in [-0.2, -0.15) is 4.98 Å². The molecule has 3 saturated heterocycles. The number of hydrogen-bond donors (Lipinski definition) is 1. The summed E-state index contributed by atoms with van der Waals surface area (Å²) in [6.07, 6.45) is -4.63. The van der Waals surface area contributed by atoms with Crippen LogP contribution in [0.1, 0.15) is 46.6 Å². The van der Waals surface area contributed by atoms with Crippen molar-refractivity contribution in [2.24, 2.45) is 0 Å². The van der Waals surface area contributed by atoms with Gasteiger partial charge < -0.3 is 23.9 Å². The zero-order valence-corrected chi connectivity index (χ0v) is 21.7. The number of anilines is 1. The van der Waals surface area contributed by atoms with Crippen molar-refractivity contribution >= 4 is 34.5 Å². The fourth-order valence-electron chi connectivity index (χ4n) is 4.77. The van der Waals surface area contributed by atoms with Gasteiger partial charge in [0.25, 0.3) is 6.01 Å². The van der Waals surface area contributed by atoms with Gasteiger partial charge in [0, 0.05) is 29.6 Å². The summed E-state index contributed by atoms with van der Waals surface area (Å²) in [5, 5.41) is 12.4. The minimum absolute atomic E-state index is 0.0661. The molecule has 3 fully saturated rings. The molecule has 37 heavy (non-hydrogen) atoms. The van der Waals surface area contributed by atoms with Crippen LogP contribution in [0.15, 0.2) is 21.4 Å². The summed E-state index contributed by atoms with van der Waals surface area (Å²) in [6, 6.07) is 1.22. The van der Waals surface area contributed by atoms with Crippen molar-refractivity contribution in [3.8, 4) is 17.0 Å². The number of carbonyl (C=O) groups is 1. The second kappa shape index (κ2) is 8.48. The van der Waals surface area contributed by atoms with Crippen LogP contribution in [0.25, 0.3) is 22.4 Å². The monoisotopic (exact) mass is 540 g/mol. The molecule has 2 aromatic heterocycles. The first-order valence-electron chi connectivity index (χ1n) is 11.7. The smallest absolute Gasteiger partial charge is 0.444 e. The molecule has 3 aromatic rings. The summed E-state index contributed by atoms with van der Waals surface area (Å²) in [6.45, 7) is 8.89. The summed E-state index contributed by atoms with van der Waals surface area (Å²) in [5.41, 5.74) is -0.0588. The van der Waals surface area contributed by atoms with Gasteiger partial charge in [-0.05, 0) is 47.1 Å². The lowest BCUT2D eigenvalue weighted by molar-refractivity contribution is -0.274. The molecule has 5 heterocycles. The normalized spacial score (nSPS) is 20.2. The zero-order chi connectivity index (χ0) is 26.9. The Balaban J connectivity index is 1.55. The van der Waals surface area contributed by atoms with Gasteiger partial charge >= 0.3 is 12.5 Å². The van der Waals surface area contributed by atoms with Gasteiger partial charge in [0.05, 0.1) is 28.9 Å². The Kier molecular flexibility index (Phi) is 5.87. The molecule has 2 unspecified atom stereocenters. The molecule has 9 nitrogen and oxygen atoms in total. The number of nitrogens with zero attached hydrogens (tertiary/aromatic N) is 4. The number of carbonyl (C=O) groups excluding carboxylic acids is 1. The molecule has 2 atom stereocenters. The van der Waals surface area contributed by atoms with E-state index in [1.54, 1.807) is 41.5 Å². The molecule has 1 N–H and O–H groups in total. The van der Waals surface area contributed by atoms with Crippen molar-refractivity contribution < 1.29 is 37.0 Å². The third-order valence-corrected chi connectivity index (χ3v) is 6.85. The molecular weight excluding hydrogens is 513 g/mol. The van der Waals surface area contributed by atoms with Crippen molar-refractivity contribution in [3.05, 3.63) is 22.5 Å². The van der Waals surface area contributed by atoms with Crippen LogP contribution in [-0.2, 0) is 10.3 Å². The standard InChI is InChI=1S/C24H27F3N4O5S/c1-22(2,3)36-21(32)31-12-6-13(31)9-30(8-12)20-29-17-18(34-20)14(16-10-37-11-28-16)7-15(23(4,5)33)19(17)35-24(25,26)27/h7,10-13,33H,6,8-9H2,1-5H3. The molecule has 1 aromatic carbocycles. The highest BCUT2D eigenvalue weighted by Gasteiger charge is 2.50. The van der Waals surface area contributed by atoms with Crippen LogP contribution in [0.4, 0.5) is 24.0 Å². The van der Waals surface area contributed by atoms with Crippen molar-refractivity contribution in [1.82, 2.24) is 14.9 Å². The van der Waals surface area contributed by atoms with Crippen molar-refractivity contribution in [1.29, 1.82) is 0 Å². The fraction of sp³-hybridized carbons (Fsp3) is 0.542. The van der Waals surface area contributed by atoms with E-state index in [2.05, 4.69) is 14.7 Å². The number of hydrogen-bond acceptors (Lipinski definition) is 9. The first kappa shape index (κ1) is 25.6. The molecule has 3 aliphatic rings. The highest BCUT2D eigenvalue weighted by Crippen LogP contribution is 2.45. The number of amides is 1. The van der Waals surface area contributed by atoms with Crippen molar-refractivity contribution in [2.75, 3.05) is 18.0 Å². The molecular formula is C24H27F3N4O5S. The first-order chi connectivity index (χ1) is 17.1. The van der Waals surface area contributed by atoms with Gasteiger partial charge in [0.1, 0.15) is 5.60 Å². The lowest BCUT2D eigenvalue weighted by Gasteiger charge is -2.55. The molecule has 2 bridgehead atoms. The maximum atomic E-state index is 13.4. The number of piperidine rings is 1. The van der Waals surface area contributed by atoms with Gasteiger partial charge in [-0.3, -0.25) is 4.90 Å². The van der Waals surface area contributed by atoms with Crippen LogP contribution in [0.2, 0.25) is 0 Å². The Labute approximate surface area is 214 Å². The number of rotatable bonds is 4. The van der Waals surface area contributed by atoms with Gasteiger partial charge in [-0.15, -0.1) is 24.5 Å². The molecule has 0 aliphatic carbocycles. The van der Waals surface area contributed by atoms with Gasteiger partial charge in [-0.1, -0.05) is 0 Å². The van der Waals surface area contributed by atoms with Crippen molar-refractivity contribution in [2.45, 2.75) is 70.7 Å². The largest absolute Gasteiger partial charge is 0.573 e. The number of oxazole rings is 1. The molecule has 13 heteroatoms. The lowest BCUT2D eigenvalue weighted by atomic mass is 9.88. The van der Waals surface area contributed by atoms with Crippen LogP contribution in [0, 0.1) is 0 Å². The van der Waals surface area contributed by atoms with E-state index in [1.807, 2.05) is 0 Å². The number of ether oxygens (including phenoxy) is 2. The van der Waals surface area contributed by atoms with E-state index in [-0.39, 0.29) is 34.8 Å². The van der Waals surface area contributed by atoms with E-state index in [1.165, 1.54) is 31.3 Å². The highest BCUT2D eigenvalue weighted by molar-refractivity contribution is 7.07. The number of piperazine rings is 1. The number of halogens is 3. The second-order valence-corrected chi connectivity index (χ2v) is 11.5. The molecule has 0 saturated carbocycles. The Morgan fingerprint density at radius 1 is 1.19 bits per heavy atom. The van der Waals surface area contributed by atoms with E-state index in [4.69, 9.17) is 9.15 Å². The van der Waals surface area contributed by atoms with Gasteiger partial charge in [-0.25, -0.2) is 9.78 Å². The summed E-state index contributed by atoms with van der Waals surface area (Å²) >= 11 is 1.31. The van der Waals surface area contributed by atoms with E-state index in [0.29, 0.717) is 24.3 Å². The van der Waals surface area contributed by atoms with E-state index >= 15 is 0 Å². The topological polar surface area (TPSA) is 101 Å². The molecule has 3 aliphatic heterocycles. The average molecular weight is 541 g/mol. The predicted octanol–water partition coefficient (Wildman–Crippen LogP) is 5.28. The van der Waals surface area contributed by atoms with Gasteiger partial charge in [0.15, 0.2) is 16.8 Å². The van der Waals surface area contributed by atoms with Crippen LogP contribution in [0.3, 0.4) is 0 Å². The van der Waals surface area contributed by atoms with E-state index in [9.17, 15) is 23.1 Å². The number of aliphatic hydroxyl groups is 1. The third kappa shape index (κ3) is 4.93. The van der Waals surface area contributed by atoms with Gasteiger partial charge in [0.2, 0.25) is 0 Å². The van der Waals surface area contributed by atoms with Crippen LogP contribution >= 0.6 is 11.3 Å². The third-order valence-electron chi connectivity index (χ3n) is 6.26. The van der Waals surface area contributed by atoms with Crippen LogP contribution in [-0.4, -0.2) is 63.2 Å². The summed E-state index contributed by atoms with van der Waals surface area (Å²) in [5.74, 6) is -0.624. The molecule has 1 amide bonds. The lowest BCUT2D eigenvalue weighted by Crippen LogP contribution is -2.70. The van der Waals surface area contributed by atoms with Crippen molar-refractivity contribution in [3.63, 3.8) is 0 Å². The van der Waals surface area contributed by atoms with Crippen LogP contribution in [0.5, 0.6) is 5.75 Å². The Bertz CT molecular complexity index is 1320. The number of alkyl halides is 3. The summed E-state index contributed by atoms with van der Waals surface area (Å²) < 4.78 is 56.2. The number of aromatic nitrogens is 2. The van der Waals surface area contributed by atoms with E-state index < -0.39 is 29.4 Å². The minimum Gasteiger partial charge on any atom is -0.444 e. The zero-order valence-electron chi connectivity index (χ0n) is 20.9. The number of thiazole rings is 1. The maximum absolute atomic E-state index is 13.4. The molecule has 200 valence electrons. The average Bonchev–Trinajstić information content (AvgIpc) is 3.41. The quantitative estimate of drug-likeness (QED) is 0.477.